The van der Waals surface area contributed by atoms with E-state index in [1.54, 1.807) is 7.11 Å². The summed E-state index contributed by atoms with van der Waals surface area (Å²) in [5.74, 6) is 1.70. The van der Waals surface area contributed by atoms with Gasteiger partial charge in [-0.3, -0.25) is 9.89 Å². The molecule has 1 aliphatic heterocycles. The van der Waals surface area contributed by atoms with E-state index in [0.717, 1.165) is 44.5 Å². The highest BCUT2D eigenvalue weighted by molar-refractivity contribution is 5.79. The molecule has 2 N–H and O–H groups in total. The number of hydrogen-bond donors (Lipinski definition) is 2. The van der Waals surface area contributed by atoms with Crippen LogP contribution in [0.25, 0.3) is 0 Å². The highest BCUT2D eigenvalue weighted by atomic mass is 16.5. The molecule has 0 aromatic heterocycles. The van der Waals surface area contributed by atoms with Crippen molar-refractivity contribution in [3.8, 4) is 0 Å². The maximum Gasteiger partial charge on any atom is 0.191 e. The first kappa shape index (κ1) is 22.7. The number of nitrogens with zero attached hydrogens (tertiary/aromatic N) is 2. The van der Waals surface area contributed by atoms with Crippen LogP contribution < -0.4 is 10.6 Å². The lowest BCUT2D eigenvalue weighted by Gasteiger charge is -2.30. The molecule has 158 valence electrons. The Morgan fingerprint density at radius 1 is 1.11 bits per heavy atom. The zero-order valence-corrected chi connectivity index (χ0v) is 17.9. The lowest BCUT2D eigenvalue weighted by molar-refractivity contribution is 0.0698. The Hall–Kier alpha value is -1.63. The maximum atomic E-state index is 5.48. The van der Waals surface area contributed by atoms with Gasteiger partial charge in [-0.2, -0.15) is 0 Å². The SMILES string of the molecule is CN=C(NCCCOCCOC)NCc1ccccc1CN1CCC(C)CC1. The van der Waals surface area contributed by atoms with Gasteiger partial charge in [-0.25, -0.2) is 0 Å². The third kappa shape index (κ3) is 8.59. The molecule has 0 aliphatic carbocycles. The molecular weight excluding hydrogens is 352 g/mol. The van der Waals surface area contributed by atoms with Crippen molar-refractivity contribution in [2.45, 2.75) is 39.3 Å². The van der Waals surface area contributed by atoms with Gasteiger partial charge in [0.05, 0.1) is 13.2 Å². The average Bonchev–Trinajstić information content (AvgIpc) is 2.72. The number of benzene rings is 1. The number of nitrogens with one attached hydrogen (secondary N) is 2. The number of rotatable bonds is 11. The number of ether oxygens (including phenoxy) is 2. The minimum Gasteiger partial charge on any atom is -0.382 e. The van der Waals surface area contributed by atoms with Crippen molar-refractivity contribution < 1.29 is 9.47 Å². The number of methoxy groups -OCH3 is 1. The summed E-state index contributed by atoms with van der Waals surface area (Å²) in [6, 6.07) is 8.73. The van der Waals surface area contributed by atoms with Gasteiger partial charge in [-0.15, -0.1) is 0 Å². The Morgan fingerprint density at radius 2 is 1.86 bits per heavy atom. The number of likely N-dealkylation sites (tertiary alicyclic amines) is 1. The standard InChI is InChI=1S/C22H38N4O2/c1-19-9-12-26(13-10-19)18-21-8-5-4-7-20(21)17-25-22(23-2)24-11-6-14-28-16-15-27-3/h4-5,7-8,19H,6,9-18H2,1-3H3,(H2,23,24,25). The Kier molecular flexibility index (Phi) is 10.9. The predicted octanol–water partition coefficient (Wildman–Crippen LogP) is 2.64. The number of aliphatic imine (C=N–C) groups is 1. The van der Waals surface area contributed by atoms with Crippen molar-refractivity contribution in [1.29, 1.82) is 0 Å². The first-order chi connectivity index (χ1) is 13.7. The van der Waals surface area contributed by atoms with Crippen LogP contribution in [0.15, 0.2) is 29.3 Å². The van der Waals surface area contributed by atoms with E-state index in [1.807, 2.05) is 7.05 Å². The van der Waals surface area contributed by atoms with Crippen molar-refractivity contribution in [3.63, 3.8) is 0 Å². The van der Waals surface area contributed by atoms with Gasteiger partial charge >= 0.3 is 0 Å². The monoisotopic (exact) mass is 390 g/mol. The molecule has 0 bridgehead atoms. The molecule has 0 saturated carbocycles. The summed E-state index contributed by atoms with van der Waals surface area (Å²) in [6.07, 6.45) is 3.56. The summed E-state index contributed by atoms with van der Waals surface area (Å²) in [6.45, 7) is 9.45. The predicted molar refractivity (Wildman–Crippen MR) is 116 cm³/mol. The molecule has 1 saturated heterocycles. The van der Waals surface area contributed by atoms with E-state index in [2.05, 4.69) is 51.7 Å². The van der Waals surface area contributed by atoms with E-state index >= 15 is 0 Å². The molecule has 1 aliphatic rings. The Balaban J connectivity index is 1.73. The van der Waals surface area contributed by atoms with E-state index in [4.69, 9.17) is 9.47 Å². The number of piperidine rings is 1. The molecular formula is C22H38N4O2. The maximum absolute atomic E-state index is 5.48. The molecule has 1 fully saturated rings. The summed E-state index contributed by atoms with van der Waals surface area (Å²) < 4.78 is 10.5. The van der Waals surface area contributed by atoms with Gasteiger partial charge in [-0.1, -0.05) is 31.2 Å². The fraction of sp³-hybridized carbons (Fsp3) is 0.682. The number of hydrogen-bond acceptors (Lipinski definition) is 4. The van der Waals surface area contributed by atoms with Crippen LogP contribution >= 0.6 is 0 Å². The third-order valence-corrected chi connectivity index (χ3v) is 5.25. The van der Waals surface area contributed by atoms with Crippen molar-refractivity contribution in [2.75, 3.05) is 53.6 Å². The first-order valence-electron chi connectivity index (χ1n) is 10.5. The fourth-order valence-electron chi connectivity index (χ4n) is 3.37. The summed E-state index contributed by atoms with van der Waals surface area (Å²) in [7, 11) is 3.50. The molecule has 28 heavy (non-hydrogen) atoms. The molecule has 1 aromatic rings. The molecule has 6 heteroatoms. The Morgan fingerprint density at radius 3 is 2.57 bits per heavy atom. The second kappa shape index (κ2) is 13.5. The molecule has 0 unspecified atom stereocenters. The second-order valence-electron chi connectivity index (χ2n) is 7.54. The van der Waals surface area contributed by atoms with E-state index in [-0.39, 0.29) is 0 Å². The van der Waals surface area contributed by atoms with Crippen molar-refractivity contribution >= 4 is 5.96 Å². The van der Waals surface area contributed by atoms with Crippen molar-refractivity contribution in [2.24, 2.45) is 10.9 Å². The van der Waals surface area contributed by atoms with Crippen LogP contribution in [0.1, 0.15) is 37.3 Å². The zero-order valence-electron chi connectivity index (χ0n) is 17.9. The van der Waals surface area contributed by atoms with Gasteiger partial charge in [0.15, 0.2) is 5.96 Å². The van der Waals surface area contributed by atoms with E-state index < -0.39 is 0 Å². The molecule has 1 aromatic carbocycles. The van der Waals surface area contributed by atoms with Crippen LogP contribution in [0, 0.1) is 5.92 Å². The van der Waals surface area contributed by atoms with Gasteiger partial charge in [0.1, 0.15) is 0 Å². The van der Waals surface area contributed by atoms with Crippen LogP contribution in [0.3, 0.4) is 0 Å². The van der Waals surface area contributed by atoms with E-state index in [1.165, 1.54) is 37.1 Å². The topological polar surface area (TPSA) is 58.1 Å². The van der Waals surface area contributed by atoms with Gasteiger partial charge in [-0.05, 0) is 49.4 Å². The van der Waals surface area contributed by atoms with E-state index in [0.29, 0.717) is 13.2 Å². The van der Waals surface area contributed by atoms with Crippen LogP contribution in [0.4, 0.5) is 0 Å². The zero-order chi connectivity index (χ0) is 20.0. The highest BCUT2D eigenvalue weighted by Crippen LogP contribution is 2.19. The number of guanidine groups is 1. The smallest absolute Gasteiger partial charge is 0.191 e. The molecule has 0 amide bonds. The summed E-state index contributed by atoms with van der Waals surface area (Å²) in [5, 5.41) is 6.79. The molecule has 1 heterocycles. The molecule has 0 spiro atoms. The molecule has 2 rings (SSSR count). The Bertz CT molecular complexity index is 571. The fourth-order valence-corrected chi connectivity index (χ4v) is 3.37. The quantitative estimate of drug-likeness (QED) is 0.346. The van der Waals surface area contributed by atoms with Gasteiger partial charge in [0.25, 0.3) is 0 Å². The van der Waals surface area contributed by atoms with Crippen molar-refractivity contribution in [3.05, 3.63) is 35.4 Å². The van der Waals surface area contributed by atoms with Crippen LogP contribution in [0.2, 0.25) is 0 Å². The summed E-state index contributed by atoms with van der Waals surface area (Å²) in [4.78, 5) is 6.91. The van der Waals surface area contributed by atoms with Gasteiger partial charge < -0.3 is 20.1 Å². The summed E-state index contributed by atoms with van der Waals surface area (Å²) in [5.41, 5.74) is 2.75. The van der Waals surface area contributed by atoms with Gasteiger partial charge in [0.2, 0.25) is 0 Å². The van der Waals surface area contributed by atoms with E-state index in [9.17, 15) is 0 Å². The minimum atomic E-state index is 0.645. The average molecular weight is 391 g/mol. The molecule has 6 nitrogen and oxygen atoms in total. The third-order valence-electron chi connectivity index (χ3n) is 5.25. The van der Waals surface area contributed by atoms with Crippen LogP contribution in [0.5, 0.6) is 0 Å². The highest BCUT2D eigenvalue weighted by Gasteiger charge is 2.16. The molecule has 0 atom stereocenters. The minimum absolute atomic E-state index is 0.645. The van der Waals surface area contributed by atoms with Crippen LogP contribution in [-0.2, 0) is 22.6 Å². The molecule has 0 radical (unpaired) electrons. The summed E-state index contributed by atoms with van der Waals surface area (Å²) >= 11 is 0. The Labute approximate surface area is 170 Å². The lowest BCUT2D eigenvalue weighted by atomic mass is 9.98. The second-order valence-corrected chi connectivity index (χ2v) is 7.54. The first-order valence-corrected chi connectivity index (χ1v) is 10.5. The van der Waals surface area contributed by atoms with Crippen molar-refractivity contribution in [1.82, 2.24) is 15.5 Å². The lowest BCUT2D eigenvalue weighted by Crippen LogP contribution is -2.38. The van der Waals surface area contributed by atoms with Gasteiger partial charge in [0, 0.05) is 40.4 Å². The largest absolute Gasteiger partial charge is 0.382 e. The van der Waals surface area contributed by atoms with Crippen LogP contribution in [-0.4, -0.2) is 64.5 Å². The normalized spacial score (nSPS) is 16.3.